The first-order valence-corrected chi connectivity index (χ1v) is 10.3. The van der Waals surface area contributed by atoms with E-state index in [2.05, 4.69) is 20.9 Å². The number of fused-ring (bicyclic) bond motifs is 1. The molecular formula is C23H26N6O2. The maximum absolute atomic E-state index is 8.97. The van der Waals surface area contributed by atoms with Gasteiger partial charge >= 0.3 is 0 Å². The van der Waals surface area contributed by atoms with Crippen molar-refractivity contribution >= 4 is 22.7 Å². The molecule has 2 heterocycles. The fraction of sp³-hybridized carbons (Fsp3) is 0.348. The summed E-state index contributed by atoms with van der Waals surface area (Å²) in [5, 5.41) is 9.71. The molecule has 1 saturated heterocycles. The van der Waals surface area contributed by atoms with Crippen molar-refractivity contribution in [1.82, 2.24) is 14.9 Å². The number of ether oxygens (including phenoxy) is 2. The van der Waals surface area contributed by atoms with Crippen molar-refractivity contribution in [3.8, 4) is 17.6 Å². The molecule has 3 aromatic rings. The zero-order valence-electron chi connectivity index (χ0n) is 17.8. The molecule has 0 atom stereocenters. The van der Waals surface area contributed by atoms with Crippen LogP contribution in [0.1, 0.15) is 17.5 Å². The minimum absolute atomic E-state index is 0.430. The molecular weight excluding hydrogens is 392 g/mol. The Morgan fingerprint density at radius 2 is 1.74 bits per heavy atom. The lowest BCUT2D eigenvalue weighted by molar-refractivity contribution is 0.285. The molecule has 4 rings (SSSR count). The predicted octanol–water partition coefficient (Wildman–Crippen LogP) is 2.81. The molecule has 2 aromatic carbocycles. The first kappa shape index (κ1) is 20.7. The summed E-state index contributed by atoms with van der Waals surface area (Å²) >= 11 is 0. The van der Waals surface area contributed by atoms with Crippen molar-refractivity contribution in [3.63, 3.8) is 0 Å². The highest BCUT2D eigenvalue weighted by molar-refractivity contribution is 5.91. The van der Waals surface area contributed by atoms with Gasteiger partial charge in [0.2, 0.25) is 5.95 Å². The van der Waals surface area contributed by atoms with Crippen LogP contribution in [-0.4, -0.2) is 55.3 Å². The van der Waals surface area contributed by atoms with E-state index in [1.54, 1.807) is 14.2 Å². The van der Waals surface area contributed by atoms with E-state index in [9.17, 15) is 0 Å². The smallest absolute Gasteiger partial charge is 0.227 e. The van der Waals surface area contributed by atoms with E-state index in [0.717, 1.165) is 50.0 Å². The number of aromatic nitrogens is 2. The van der Waals surface area contributed by atoms with E-state index in [1.165, 1.54) is 5.56 Å². The molecule has 0 amide bonds. The average molecular weight is 419 g/mol. The SMILES string of the molecule is COc1cc2nc(N3CCCN(Cc4ccc(C#N)cc4)CC3)nc(N)c2cc1OC. The standard InChI is InChI=1S/C23H26N6O2/c1-30-20-12-18-19(13-21(20)31-2)26-23(27-22(18)25)29-9-3-8-28(10-11-29)15-17-6-4-16(14-24)5-7-17/h4-7,12-13H,3,8-11,15H2,1-2H3,(H2,25,26,27). The Kier molecular flexibility index (Phi) is 6.05. The largest absolute Gasteiger partial charge is 0.493 e. The highest BCUT2D eigenvalue weighted by Crippen LogP contribution is 2.34. The zero-order chi connectivity index (χ0) is 21.8. The van der Waals surface area contributed by atoms with E-state index in [-0.39, 0.29) is 0 Å². The van der Waals surface area contributed by atoms with Crippen LogP contribution in [0.15, 0.2) is 36.4 Å². The van der Waals surface area contributed by atoms with Gasteiger partial charge in [-0.1, -0.05) is 12.1 Å². The maximum Gasteiger partial charge on any atom is 0.227 e. The van der Waals surface area contributed by atoms with Crippen molar-refractivity contribution in [2.75, 3.05) is 51.0 Å². The average Bonchev–Trinajstić information content (AvgIpc) is 3.04. The van der Waals surface area contributed by atoms with Crippen LogP contribution in [0.5, 0.6) is 11.5 Å². The molecule has 0 spiro atoms. The number of nitrogen functional groups attached to an aromatic ring is 1. The molecule has 0 saturated carbocycles. The van der Waals surface area contributed by atoms with Gasteiger partial charge in [0.25, 0.3) is 0 Å². The number of nitrogens with zero attached hydrogens (tertiary/aromatic N) is 5. The van der Waals surface area contributed by atoms with Gasteiger partial charge in [-0.2, -0.15) is 10.2 Å². The van der Waals surface area contributed by atoms with Gasteiger partial charge in [0, 0.05) is 44.2 Å². The van der Waals surface area contributed by atoms with Gasteiger partial charge in [-0.3, -0.25) is 4.90 Å². The molecule has 1 aliphatic heterocycles. The Morgan fingerprint density at radius 1 is 1.00 bits per heavy atom. The van der Waals surface area contributed by atoms with Gasteiger partial charge in [0.15, 0.2) is 11.5 Å². The molecule has 0 bridgehead atoms. The summed E-state index contributed by atoms with van der Waals surface area (Å²) in [6.45, 7) is 4.42. The third-order valence-corrected chi connectivity index (χ3v) is 5.58. The van der Waals surface area contributed by atoms with E-state index < -0.39 is 0 Å². The quantitative estimate of drug-likeness (QED) is 0.675. The minimum Gasteiger partial charge on any atom is -0.493 e. The number of nitriles is 1. The van der Waals surface area contributed by atoms with Gasteiger partial charge in [-0.05, 0) is 30.2 Å². The summed E-state index contributed by atoms with van der Waals surface area (Å²) in [5.74, 6) is 2.28. The summed E-state index contributed by atoms with van der Waals surface area (Å²) in [7, 11) is 3.20. The summed E-state index contributed by atoms with van der Waals surface area (Å²) in [6.07, 6.45) is 1.00. The summed E-state index contributed by atoms with van der Waals surface area (Å²) < 4.78 is 10.8. The number of anilines is 2. The van der Waals surface area contributed by atoms with Crippen LogP contribution in [0.2, 0.25) is 0 Å². The van der Waals surface area contributed by atoms with Crippen molar-refractivity contribution in [3.05, 3.63) is 47.5 Å². The van der Waals surface area contributed by atoms with Gasteiger partial charge in [0.05, 0.1) is 31.4 Å². The second-order valence-corrected chi connectivity index (χ2v) is 7.56. The lowest BCUT2D eigenvalue weighted by atomic mass is 10.1. The number of methoxy groups -OCH3 is 2. The van der Waals surface area contributed by atoms with Crippen molar-refractivity contribution < 1.29 is 9.47 Å². The monoisotopic (exact) mass is 418 g/mol. The third-order valence-electron chi connectivity index (χ3n) is 5.58. The first-order chi connectivity index (χ1) is 15.1. The van der Waals surface area contributed by atoms with Crippen LogP contribution < -0.4 is 20.1 Å². The molecule has 0 radical (unpaired) electrons. The van der Waals surface area contributed by atoms with Crippen LogP contribution in [-0.2, 0) is 6.54 Å². The lowest BCUT2D eigenvalue weighted by Gasteiger charge is -2.22. The molecule has 31 heavy (non-hydrogen) atoms. The van der Waals surface area contributed by atoms with Crippen LogP contribution in [0.25, 0.3) is 10.9 Å². The molecule has 1 fully saturated rings. The summed E-state index contributed by atoms with van der Waals surface area (Å²) in [6, 6.07) is 13.6. The van der Waals surface area contributed by atoms with E-state index >= 15 is 0 Å². The molecule has 0 aliphatic carbocycles. The minimum atomic E-state index is 0.430. The van der Waals surface area contributed by atoms with Gasteiger partial charge in [-0.15, -0.1) is 0 Å². The number of hydrogen-bond donors (Lipinski definition) is 1. The molecule has 160 valence electrons. The fourth-order valence-corrected chi connectivity index (χ4v) is 3.88. The van der Waals surface area contributed by atoms with Crippen LogP contribution >= 0.6 is 0 Å². The predicted molar refractivity (Wildman–Crippen MR) is 120 cm³/mol. The molecule has 0 unspecified atom stereocenters. The Hall–Kier alpha value is -3.57. The van der Waals surface area contributed by atoms with Crippen LogP contribution in [0.3, 0.4) is 0 Å². The topological polar surface area (TPSA) is 101 Å². The van der Waals surface area contributed by atoms with Crippen molar-refractivity contribution in [2.24, 2.45) is 0 Å². The molecule has 2 N–H and O–H groups in total. The maximum atomic E-state index is 8.97. The highest BCUT2D eigenvalue weighted by atomic mass is 16.5. The van der Waals surface area contributed by atoms with Crippen molar-refractivity contribution in [1.29, 1.82) is 5.26 Å². The van der Waals surface area contributed by atoms with E-state index in [4.69, 9.17) is 25.5 Å². The van der Waals surface area contributed by atoms with E-state index in [0.29, 0.717) is 28.8 Å². The van der Waals surface area contributed by atoms with Gasteiger partial charge in [0.1, 0.15) is 5.82 Å². The lowest BCUT2D eigenvalue weighted by Crippen LogP contribution is -2.31. The number of hydrogen-bond acceptors (Lipinski definition) is 8. The summed E-state index contributed by atoms with van der Waals surface area (Å²) in [4.78, 5) is 13.9. The number of benzene rings is 2. The zero-order valence-corrected chi connectivity index (χ0v) is 17.8. The number of nitrogens with two attached hydrogens (primary N) is 1. The molecule has 8 heteroatoms. The molecule has 1 aliphatic rings. The molecule has 1 aromatic heterocycles. The Balaban J connectivity index is 1.51. The Labute approximate surface area is 181 Å². The highest BCUT2D eigenvalue weighted by Gasteiger charge is 2.19. The van der Waals surface area contributed by atoms with Crippen LogP contribution in [0.4, 0.5) is 11.8 Å². The van der Waals surface area contributed by atoms with Crippen LogP contribution in [0, 0.1) is 11.3 Å². The molecule has 8 nitrogen and oxygen atoms in total. The summed E-state index contributed by atoms with van der Waals surface area (Å²) in [5.41, 5.74) is 8.89. The first-order valence-electron chi connectivity index (χ1n) is 10.3. The second kappa shape index (κ2) is 9.06. The normalized spacial score (nSPS) is 14.8. The second-order valence-electron chi connectivity index (χ2n) is 7.56. The van der Waals surface area contributed by atoms with Crippen molar-refractivity contribution in [2.45, 2.75) is 13.0 Å². The number of rotatable bonds is 5. The fourth-order valence-electron chi connectivity index (χ4n) is 3.88. The van der Waals surface area contributed by atoms with E-state index in [1.807, 2.05) is 36.4 Å². The third kappa shape index (κ3) is 4.47. The Bertz CT molecular complexity index is 1110. The van der Waals surface area contributed by atoms with Gasteiger partial charge in [-0.25, -0.2) is 4.98 Å². The van der Waals surface area contributed by atoms with Gasteiger partial charge < -0.3 is 20.1 Å². The Morgan fingerprint density at radius 3 is 2.45 bits per heavy atom.